The number of ether oxygens (including phenoxy) is 1. The largest absolute Gasteiger partial charge is 0.497 e. The lowest BCUT2D eigenvalue weighted by Crippen LogP contribution is -2.37. The molecule has 2 aromatic carbocycles. The summed E-state index contributed by atoms with van der Waals surface area (Å²) < 4.78 is 7.11. The van der Waals surface area contributed by atoms with Gasteiger partial charge in [-0.1, -0.05) is 42.4 Å². The molecule has 1 aliphatic carbocycles. The number of nitrogens with zero attached hydrogens (tertiary/aromatic N) is 3. The van der Waals surface area contributed by atoms with Crippen molar-refractivity contribution in [1.29, 1.82) is 0 Å². The van der Waals surface area contributed by atoms with Crippen molar-refractivity contribution < 1.29 is 9.53 Å². The van der Waals surface area contributed by atoms with Gasteiger partial charge in [-0.25, -0.2) is 4.98 Å². The van der Waals surface area contributed by atoms with Gasteiger partial charge in [0, 0.05) is 22.7 Å². The van der Waals surface area contributed by atoms with E-state index in [1.807, 2.05) is 47.4 Å². The van der Waals surface area contributed by atoms with Crippen LogP contribution in [0.5, 0.6) is 5.75 Å². The minimum Gasteiger partial charge on any atom is -0.497 e. The van der Waals surface area contributed by atoms with E-state index in [2.05, 4.69) is 13.0 Å². The van der Waals surface area contributed by atoms with Crippen LogP contribution < -0.4 is 15.2 Å². The third-order valence-corrected chi connectivity index (χ3v) is 9.43. The van der Waals surface area contributed by atoms with Crippen molar-refractivity contribution in [3.63, 3.8) is 0 Å². The van der Waals surface area contributed by atoms with Crippen molar-refractivity contribution in [2.75, 3.05) is 17.8 Å². The SMILES string of the molecule is COc1cccc(-n2c(SCC(=O)N3c4ccccc4C[C@@H]3C)nc3sc4c(c3c2=O)CCCCC4)c1. The molecule has 0 fully saturated rings. The van der Waals surface area contributed by atoms with Gasteiger partial charge >= 0.3 is 0 Å². The number of rotatable bonds is 5. The van der Waals surface area contributed by atoms with Crippen molar-refractivity contribution in [2.45, 2.75) is 56.6 Å². The number of thioether (sulfide) groups is 1. The number of benzene rings is 2. The Morgan fingerprint density at radius 3 is 2.84 bits per heavy atom. The molecule has 190 valence electrons. The monoisotopic (exact) mass is 531 g/mol. The molecule has 0 saturated carbocycles. The summed E-state index contributed by atoms with van der Waals surface area (Å²) in [5.74, 6) is 0.894. The second-order valence-electron chi connectivity index (χ2n) is 9.72. The van der Waals surface area contributed by atoms with Crippen LogP contribution in [0.3, 0.4) is 0 Å². The Labute approximate surface area is 224 Å². The van der Waals surface area contributed by atoms with Gasteiger partial charge in [0.05, 0.1) is 23.9 Å². The molecule has 3 heterocycles. The average molecular weight is 532 g/mol. The Morgan fingerprint density at radius 1 is 1.14 bits per heavy atom. The van der Waals surface area contributed by atoms with Crippen LogP contribution in [0.1, 0.15) is 42.2 Å². The van der Waals surface area contributed by atoms with Crippen LogP contribution in [0.25, 0.3) is 15.9 Å². The first-order valence-electron chi connectivity index (χ1n) is 12.8. The van der Waals surface area contributed by atoms with Crippen LogP contribution in [0.2, 0.25) is 0 Å². The van der Waals surface area contributed by atoms with Crippen LogP contribution in [0.4, 0.5) is 5.69 Å². The van der Waals surface area contributed by atoms with Crippen LogP contribution in [0.15, 0.2) is 58.5 Å². The summed E-state index contributed by atoms with van der Waals surface area (Å²) in [5.41, 5.74) is 3.98. The topological polar surface area (TPSA) is 64.4 Å². The molecule has 0 spiro atoms. The van der Waals surface area contributed by atoms with E-state index in [9.17, 15) is 9.59 Å². The third-order valence-electron chi connectivity index (χ3n) is 7.32. The van der Waals surface area contributed by atoms with Gasteiger partial charge in [-0.3, -0.25) is 14.2 Å². The Morgan fingerprint density at radius 2 is 1.97 bits per heavy atom. The molecule has 1 aliphatic heterocycles. The molecule has 6 rings (SSSR count). The smallest absolute Gasteiger partial charge is 0.267 e. The first-order chi connectivity index (χ1) is 18.0. The summed E-state index contributed by atoms with van der Waals surface area (Å²) in [6.07, 6.45) is 6.21. The number of carbonyl (C=O) groups is 1. The molecule has 1 amide bonds. The molecular weight excluding hydrogens is 502 g/mol. The van der Waals surface area contributed by atoms with E-state index < -0.39 is 0 Å². The summed E-state index contributed by atoms with van der Waals surface area (Å²) in [4.78, 5) is 36.5. The number of hydrogen-bond acceptors (Lipinski definition) is 6. The second-order valence-corrected chi connectivity index (χ2v) is 11.7. The Bertz CT molecular complexity index is 1560. The number of thiophene rings is 1. The van der Waals surface area contributed by atoms with Crippen molar-refractivity contribution in [1.82, 2.24) is 9.55 Å². The molecule has 4 aromatic rings. The van der Waals surface area contributed by atoms with Crippen molar-refractivity contribution in [2.24, 2.45) is 0 Å². The maximum atomic E-state index is 14.1. The minimum atomic E-state index is -0.0625. The Kier molecular flexibility index (Phi) is 6.55. The van der Waals surface area contributed by atoms with Crippen LogP contribution in [-0.2, 0) is 24.1 Å². The van der Waals surface area contributed by atoms with Gasteiger partial charge in [-0.05, 0) is 68.4 Å². The predicted octanol–water partition coefficient (Wildman–Crippen LogP) is 5.79. The molecular formula is C29H29N3O3S2. The normalized spacial score (nSPS) is 16.9. The van der Waals surface area contributed by atoms with Gasteiger partial charge in [0.1, 0.15) is 10.6 Å². The molecule has 37 heavy (non-hydrogen) atoms. The zero-order valence-electron chi connectivity index (χ0n) is 21.0. The number of anilines is 1. The lowest BCUT2D eigenvalue weighted by molar-refractivity contribution is -0.116. The van der Waals surface area contributed by atoms with E-state index >= 15 is 0 Å². The molecule has 0 bridgehead atoms. The number of aryl methyl sites for hydroxylation is 2. The molecule has 0 radical (unpaired) electrons. The number of fused-ring (bicyclic) bond motifs is 4. The first kappa shape index (κ1) is 24.2. The van der Waals surface area contributed by atoms with Gasteiger partial charge in [0.25, 0.3) is 5.56 Å². The summed E-state index contributed by atoms with van der Waals surface area (Å²) in [6.45, 7) is 2.08. The first-order valence-corrected chi connectivity index (χ1v) is 14.6. The number of amides is 1. The molecule has 0 saturated heterocycles. The molecule has 8 heteroatoms. The van der Waals surface area contributed by atoms with Gasteiger partial charge in [0.2, 0.25) is 5.91 Å². The van der Waals surface area contributed by atoms with E-state index in [4.69, 9.17) is 9.72 Å². The van der Waals surface area contributed by atoms with Gasteiger partial charge in [-0.2, -0.15) is 0 Å². The van der Waals surface area contributed by atoms with Gasteiger partial charge < -0.3 is 9.64 Å². The number of aromatic nitrogens is 2. The highest BCUT2D eigenvalue weighted by atomic mass is 32.2. The standard InChI is InChI=1S/C29H29N3O3S2/c1-18-15-19-9-6-7-13-23(19)31(18)25(33)17-36-29-30-27-26(22-12-4-3-5-14-24(22)37-27)28(34)32(29)20-10-8-11-21(16-20)35-2/h6-11,13,16,18H,3-5,12,14-15,17H2,1-2H3/t18-/m0/s1. The second kappa shape index (κ2) is 9.99. The van der Waals surface area contributed by atoms with Crippen LogP contribution in [-0.4, -0.2) is 34.4 Å². The van der Waals surface area contributed by atoms with E-state index in [-0.39, 0.29) is 23.3 Å². The van der Waals surface area contributed by atoms with Crippen molar-refractivity contribution >= 4 is 44.9 Å². The fourth-order valence-electron chi connectivity index (χ4n) is 5.58. The third kappa shape index (κ3) is 4.36. The predicted molar refractivity (Wildman–Crippen MR) is 151 cm³/mol. The van der Waals surface area contributed by atoms with E-state index in [1.165, 1.54) is 34.2 Å². The lowest BCUT2D eigenvalue weighted by Gasteiger charge is -2.22. The van der Waals surface area contributed by atoms with Gasteiger partial charge in [-0.15, -0.1) is 11.3 Å². The minimum absolute atomic E-state index is 0.0240. The fourth-order valence-corrected chi connectivity index (χ4v) is 7.75. The molecule has 0 N–H and O–H groups in total. The zero-order valence-corrected chi connectivity index (χ0v) is 22.7. The van der Waals surface area contributed by atoms with E-state index in [0.29, 0.717) is 16.6 Å². The highest BCUT2D eigenvalue weighted by Gasteiger charge is 2.31. The zero-order chi connectivity index (χ0) is 25.5. The number of hydrogen-bond donors (Lipinski definition) is 0. The number of methoxy groups -OCH3 is 1. The van der Waals surface area contributed by atoms with Gasteiger partial charge in [0.15, 0.2) is 5.16 Å². The van der Waals surface area contributed by atoms with E-state index in [1.54, 1.807) is 23.0 Å². The maximum absolute atomic E-state index is 14.1. The Balaban J connectivity index is 1.42. The number of carbonyl (C=O) groups excluding carboxylic acids is 1. The number of para-hydroxylation sites is 1. The average Bonchev–Trinajstić information content (AvgIpc) is 3.34. The highest BCUT2D eigenvalue weighted by Crippen LogP contribution is 2.36. The molecule has 6 nitrogen and oxygen atoms in total. The molecule has 1 atom stereocenters. The summed E-state index contributed by atoms with van der Waals surface area (Å²) in [7, 11) is 1.62. The van der Waals surface area contributed by atoms with E-state index in [0.717, 1.165) is 48.0 Å². The van der Waals surface area contributed by atoms with Crippen LogP contribution >= 0.6 is 23.1 Å². The fraction of sp³-hybridized carbons (Fsp3) is 0.345. The summed E-state index contributed by atoms with van der Waals surface area (Å²) in [6, 6.07) is 15.7. The van der Waals surface area contributed by atoms with Crippen LogP contribution in [0, 0.1) is 0 Å². The molecule has 2 aromatic heterocycles. The quantitative estimate of drug-likeness (QED) is 0.185. The summed E-state index contributed by atoms with van der Waals surface area (Å²) in [5, 5.41) is 1.28. The molecule has 0 unspecified atom stereocenters. The van der Waals surface area contributed by atoms with Crippen molar-refractivity contribution in [3.05, 3.63) is 74.9 Å². The maximum Gasteiger partial charge on any atom is 0.267 e. The van der Waals surface area contributed by atoms with Crippen molar-refractivity contribution in [3.8, 4) is 11.4 Å². The summed E-state index contributed by atoms with van der Waals surface area (Å²) >= 11 is 2.98. The Hall–Kier alpha value is -3.10. The lowest BCUT2D eigenvalue weighted by atomic mass is 10.1. The highest BCUT2D eigenvalue weighted by molar-refractivity contribution is 7.99. The molecule has 2 aliphatic rings.